The zero-order chi connectivity index (χ0) is 11.8. The summed E-state index contributed by atoms with van der Waals surface area (Å²) in [6.45, 7) is 1.30. The summed E-state index contributed by atoms with van der Waals surface area (Å²) in [7, 11) is 4.46. The molecule has 0 saturated heterocycles. The predicted octanol–water partition coefficient (Wildman–Crippen LogP) is 3.63. The van der Waals surface area contributed by atoms with Crippen LogP contribution in [0.4, 0.5) is 0 Å². The molecule has 0 N–H and O–H groups in total. The second-order valence-electron chi connectivity index (χ2n) is 6.44. The molecule has 17 heavy (non-hydrogen) atoms. The first-order chi connectivity index (χ1) is 8.25. The molecule has 3 rings (SSSR count). The summed E-state index contributed by atoms with van der Waals surface area (Å²) in [5.41, 5.74) is 3.66. The van der Waals surface area contributed by atoms with E-state index in [0.717, 1.165) is 17.8 Å². The van der Waals surface area contributed by atoms with Crippen molar-refractivity contribution in [2.75, 3.05) is 20.6 Å². The van der Waals surface area contributed by atoms with E-state index in [1.165, 1.54) is 45.1 Å². The smallest absolute Gasteiger partial charge is 0.000654 e. The molecule has 3 atom stereocenters. The van der Waals surface area contributed by atoms with Crippen LogP contribution < -0.4 is 0 Å². The monoisotopic (exact) mass is 231 g/mol. The Morgan fingerprint density at radius 1 is 1.18 bits per heavy atom. The summed E-state index contributed by atoms with van der Waals surface area (Å²) in [5, 5.41) is 0. The normalized spacial score (nSPS) is 36.3. The van der Waals surface area contributed by atoms with Gasteiger partial charge in [0.15, 0.2) is 0 Å². The Bertz CT molecular complexity index is 351. The fraction of sp³-hybridized carbons (Fsp3) is 0.750. The van der Waals surface area contributed by atoms with Crippen LogP contribution in [0.3, 0.4) is 0 Å². The molecule has 3 aliphatic rings. The summed E-state index contributed by atoms with van der Waals surface area (Å²) < 4.78 is 0. The van der Waals surface area contributed by atoms with Gasteiger partial charge in [-0.2, -0.15) is 0 Å². The molecule has 0 aliphatic heterocycles. The molecule has 1 nitrogen and oxygen atoms in total. The molecule has 0 aromatic rings. The van der Waals surface area contributed by atoms with Crippen molar-refractivity contribution in [2.45, 2.75) is 38.5 Å². The lowest BCUT2D eigenvalue weighted by molar-refractivity contribution is 0.153. The third-order valence-electron chi connectivity index (χ3n) is 5.06. The van der Waals surface area contributed by atoms with Gasteiger partial charge in [0.2, 0.25) is 0 Å². The lowest BCUT2D eigenvalue weighted by Gasteiger charge is -2.36. The van der Waals surface area contributed by atoms with Crippen molar-refractivity contribution < 1.29 is 0 Å². The maximum Gasteiger partial charge on any atom is 0.000654 e. The van der Waals surface area contributed by atoms with Crippen LogP contribution in [0.1, 0.15) is 38.5 Å². The summed E-state index contributed by atoms with van der Waals surface area (Å²) in [6, 6.07) is 0. The highest BCUT2D eigenvalue weighted by molar-refractivity contribution is 5.32. The van der Waals surface area contributed by atoms with E-state index in [2.05, 4.69) is 31.1 Å². The van der Waals surface area contributed by atoms with E-state index in [0.29, 0.717) is 0 Å². The molecule has 1 heteroatoms. The number of nitrogens with zero attached hydrogens (tertiary/aromatic N) is 1. The van der Waals surface area contributed by atoms with Crippen LogP contribution >= 0.6 is 0 Å². The number of fused-ring (bicyclic) bond motifs is 2. The van der Waals surface area contributed by atoms with E-state index in [-0.39, 0.29) is 0 Å². The Morgan fingerprint density at radius 2 is 2.00 bits per heavy atom. The second-order valence-corrected chi connectivity index (χ2v) is 6.44. The van der Waals surface area contributed by atoms with Gasteiger partial charge in [-0.25, -0.2) is 0 Å². The van der Waals surface area contributed by atoms with E-state index in [1.807, 2.05) is 11.1 Å². The molecule has 94 valence electrons. The zero-order valence-corrected chi connectivity index (χ0v) is 11.3. The SMILES string of the molecule is CN(C)CC1CCCC2C3=C(CC=CC3)CC12. The van der Waals surface area contributed by atoms with Crippen LogP contribution in [-0.4, -0.2) is 25.5 Å². The largest absolute Gasteiger partial charge is 0.309 e. The van der Waals surface area contributed by atoms with Gasteiger partial charge in [0.05, 0.1) is 0 Å². The van der Waals surface area contributed by atoms with E-state index >= 15 is 0 Å². The molecule has 0 aromatic heterocycles. The Labute approximate surface area is 106 Å². The maximum atomic E-state index is 2.40. The molecule has 0 amide bonds. The van der Waals surface area contributed by atoms with Crippen LogP contribution in [0.2, 0.25) is 0 Å². The van der Waals surface area contributed by atoms with Crippen LogP contribution in [-0.2, 0) is 0 Å². The first-order valence-corrected chi connectivity index (χ1v) is 7.26. The molecule has 1 fully saturated rings. The molecule has 3 aliphatic carbocycles. The Hall–Kier alpha value is -0.560. The Kier molecular flexibility index (Phi) is 3.12. The summed E-state index contributed by atoms with van der Waals surface area (Å²) in [6.07, 6.45) is 13.1. The molecule has 3 unspecified atom stereocenters. The van der Waals surface area contributed by atoms with Crippen molar-refractivity contribution in [1.29, 1.82) is 0 Å². The quantitative estimate of drug-likeness (QED) is 0.656. The highest BCUT2D eigenvalue weighted by atomic mass is 15.1. The number of rotatable bonds is 2. The minimum atomic E-state index is 0.952. The highest BCUT2D eigenvalue weighted by Crippen LogP contribution is 2.51. The van der Waals surface area contributed by atoms with E-state index in [9.17, 15) is 0 Å². The average molecular weight is 231 g/mol. The van der Waals surface area contributed by atoms with Gasteiger partial charge in [-0.15, -0.1) is 0 Å². The van der Waals surface area contributed by atoms with Gasteiger partial charge < -0.3 is 4.90 Å². The van der Waals surface area contributed by atoms with Crippen molar-refractivity contribution in [3.63, 3.8) is 0 Å². The summed E-state index contributed by atoms with van der Waals surface area (Å²) in [4.78, 5) is 2.39. The van der Waals surface area contributed by atoms with Gasteiger partial charge in [-0.3, -0.25) is 0 Å². The second kappa shape index (κ2) is 4.61. The lowest BCUT2D eigenvalue weighted by Crippen LogP contribution is -2.33. The van der Waals surface area contributed by atoms with Crippen LogP contribution in [0.5, 0.6) is 0 Å². The van der Waals surface area contributed by atoms with Gasteiger partial charge in [-0.1, -0.05) is 29.7 Å². The van der Waals surface area contributed by atoms with Crippen molar-refractivity contribution >= 4 is 0 Å². The Balaban J connectivity index is 1.75. The maximum absolute atomic E-state index is 2.40. The Morgan fingerprint density at radius 3 is 2.82 bits per heavy atom. The summed E-state index contributed by atoms with van der Waals surface area (Å²) in [5.74, 6) is 2.89. The number of hydrogen-bond acceptors (Lipinski definition) is 1. The van der Waals surface area contributed by atoms with E-state index < -0.39 is 0 Å². The van der Waals surface area contributed by atoms with Crippen molar-refractivity contribution in [3.8, 4) is 0 Å². The third-order valence-corrected chi connectivity index (χ3v) is 5.06. The molecule has 1 saturated carbocycles. The van der Waals surface area contributed by atoms with Crippen molar-refractivity contribution in [1.82, 2.24) is 4.90 Å². The van der Waals surface area contributed by atoms with Crippen LogP contribution in [0.15, 0.2) is 23.3 Å². The van der Waals surface area contributed by atoms with E-state index in [4.69, 9.17) is 0 Å². The van der Waals surface area contributed by atoms with E-state index in [1.54, 1.807) is 0 Å². The predicted molar refractivity (Wildman–Crippen MR) is 72.9 cm³/mol. The molecule has 0 spiro atoms. The molecule has 0 radical (unpaired) electrons. The summed E-state index contributed by atoms with van der Waals surface area (Å²) >= 11 is 0. The first-order valence-electron chi connectivity index (χ1n) is 7.26. The van der Waals surface area contributed by atoms with Gasteiger partial charge in [0.25, 0.3) is 0 Å². The molecule has 0 heterocycles. The number of hydrogen-bond donors (Lipinski definition) is 0. The molecular weight excluding hydrogens is 206 g/mol. The zero-order valence-electron chi connectivity index (χ0n) is 11.3. The van der Waals surface area contributed by atoms with Crippen LogP contribution in [0, 0.1) is 17.8 Å². The highest BCUT2D eigenvalue weighted by Gasteiger charge is 2.40. The van der Waals surface area contributed by atoms with Gasteiger partial charge in [0.1, 0.15) is 0 Å². The standard InChI is InChI=1S/C16H25N/c1-17(2)11-13-7-5-9-15-14-8-4-3-6-12(14)10-16(13)15/h3-4,13,15-16H,5-11H2,1-2H3. The van der Waals surface area contributed by atoms with Gasteiger partial charge in [-0.05, 0) is 64.0 Å². The fourth-order valence-corrected chi connectivity index (χ4v) is 4.42. The molecular formula is C16H25N. The first kappa shape index (κ1) is 11.5. The minimum Gasteiger partial charge on any atom is -0.309 e. The third kappa shape index (κ3) is 2.10. The lowest BCUT2D eigenvalue weighted by atomic mass is 9.71. The fourth-order valence-electron chi connectivity index (χ4n) is 4.42. The van der Waals surface area contributed by atoms with Gasteiger partial charge in [0, 0.05) is 6.54 Å². The molecule has 0 aromatic carbocycles. The van der Waals surface area contributed by atoms with Crippen molar-refractivity contribution in [3.05, 3.63) is 23.3 Å². The topological polar surface area (TPSA) is 3.24 Å². The van der Waals surface area contributed by atoms with Gasteiger partial charge >= 0.3 is 0 Å². The van der Waals surface area contributed by atoms with Crippen molar-refractivity contribution in [2.24, 2.45) is 17.8 Å². The average Bonchev–Trinajstić information content (AvgIpc) is 2.68. The van der Waals surface area contributed by atoms with Crippen LogP contribution in [0.25, 0.3) is 0 Å². The number of allylic oxidation sites excluding steroid dienone is 4. The molecule has 0 bridgehead atoms. The minimum absolute atomic E-state index is 0.952.